The Hall–Kier alpha value is -1.74. The van der Waals surface area contributed by atoms with Gasteiger partial charge in [-0.25, -0.2) is 17.9 Å². The minimum absolute atomic E-state index is 0.00223. The van der Waals surface area contributed by atoms with Crippen molar-refractivity contribution in [1.29, 1.82) is 0 Å². The van der Waals surface area contributed by atoms with Crippen LogP contribution in [0.4, 0.5) is 0 Å². The van der Waals surface area contributed by atoms with Gasteiger partial charge in [-0.2, -0.15) is 0 Å². The number of thiophene rings is 1. The van der Waals surface area contributed by atoms with Crippen molar-refractivity contribution in [3.63, 3.8) is 0 Å². The topological polar surface area (TPSA) is 86.7 Å². The van der Waals surface area contributed by atoms with Gasteiger partial charge < -0.3 is 10.0 Å². The second-order valence-electron chi connectivity index (χ2n) is 5.19. The van der Waals surface area contributed by atoms with Crippen molar-refractivity contribution in [2.75, 3.05) is 20.6 Å². The number of carboxylic acid groups (broad SMARTS) is 1. The van der Waals surface area contributed by atoms with Gasteiger partial charge >= 0.3 is 5.97 Å². The largest absolute Gasteiger partial charge is 0.477 e. The molecule has 2 aromatic rings. The molecule has 1 aromatic heterocycles. The van der Waals surface area contributed by atoms with E-state index in [0.29, 0.717) is 0 Å². The molecule has 1 heterocycles. The smallest absolute Gasteiger partial charge is 0.345 e. The number of likely N-dealkylation sites (N-methyl/N-ethyl adjacent to an activating group) is 1. The fourth-order valence-electron chi connectivity index (χ4n) is 2.12. The quantitative estimate of drug-likeness (QED) is 0.794. The zero-order valence-electron chi connectivity index (χ0n) is 12.8. The molecular formula is C15H18N2O4S2. The van der Waals surface area contributed by atoms with Crippen LogP contribution >= 0.6 is 11.3 Å². The van der Waals surface area contributed by atoms with Gasteiger partial charge in [0, 0.05) is 18.0 Å². The number of hydrogen-bond acceptors (Lipinski definition) is 5. The summed E-state index contributed by atoms with van der Waals surface area (Å²) >= 11 is 0.892. The Balaban J connectivity index is 2.14. The van der Waals surface area contributed by atoms with E-state index in [4.69, 9.17) is 5.11 Å². The summed E-state index contributed by atoms with van der Waals surface area (Å²) in [6.07, 6.45) is 0. The Kier molecular flexibility index (Phi) is 5.53. The molecule has 124 valence electrons. The lowest BCUT2D eigenvalue weighted by atomic mass is 10.1. The molecule has 2 rings (SSSR count). The van der Waals surface area contributed by atoms with Gasteiger partial charge in [0.05, 0.1) is 4.90 Å². The highest BCUT2D eigenvalue weighted by Crippen LogP contribution is 2.21. The standard InChI is InChI=1S/C15H18N2O4S2/c1-17(2)13(11-6-4-3-5-7-11)9-16-23(20,21)12-8-14(15(18)19)22-10-12/h3-8,10,13,16H,9H2,1-2H3,(H,18,19). The lowest BCUT2D eigenvalue weighted by Gasteiger charge is -2.25. The molecule has 0 aliphatic rings. The van der Waals surface area contributed by atoms with Crippen molar-refractivity contribution in [3.8, 4) is 0 Å². The molecule has 0 radical (unpaired) electrons. The van der Waals surface area contributed by atoms with Gasteiger partial charge in [0.25, 0.3) is 0 Å². The normalized spacial score (nSPS) is 13.2. The van der Waals surface area contributed by atoms with E-state index in [0.717, 1.165) is 16.9 Å². The number of carbonyl (C=O) groups is 1. The van der Waals surface area contributed by atoms with E-state index in [1.807, 2.05) is 49.3 Å². The molecular weight excluding hydrogens is 336 g/mol. The number of sulfonamides is 1. The van der Waals surface area contributed by atoms with Gasteiger partial charge in [0.1, 0.15) is 4.88 Å². The summed E-state index contributed by atoms with van der Waals surface area (Å²) in [6, 6.07) is 10.6. The average molecular weight is 354 g/mol. The maximum atomic E-state index is 12.3. The lowest BCUT2D eigenvalue weighted by molar-refractivity contribution is 0.0702. The molecule has 2 N–H and O–H groups in total. The van der Waals surface area contributed by atoms with E-state index in [1.54, 1.807) is 0 Å². The molecule has 23 heavy (non-hydrogen) atoms. The molecule has 0 aliphatic carbocycles. The predicted octanol–water partition coefficient (Wildman–Crippen LogP) is 2.03. The van der Waals surface area contributed by atoms with Crippen LogP contribution in [0.2, 0.25) is 0 Å². The van der Waals surface area contributed by atoms with Crippen LogP contribution in [0.5, 0.6) is 0 Å². The van der Waals surface area contributed by atoms with Crippen molar-refractivity contribution >= 4 is 27.3 Å². The van der Waals surface area contributed by atoms with E-state index < -0.39 is 16.0 Å². The van der Waals surface area contributed by atoms with Crippen molar-refractivity contribution in [2.45, 2.75) is 10.9 Å². The summed E-state index contributed by atoms with van der Waals surface area (Å²) < 4.78 is 27.2. The Bertz CT molecular complexity index is 770. The first-order valence-electron chi connectivity index (χ1n) is 6.84. The molecule has 0 saturated carbocycles. The van der Waals surface area contributed by atoms with E-state index in [9.17, 15) is 13.2 Å². The second kappa shape index (κ2) is 7.22. The van der Waals surface area contributed by atoms with Gasteiger partial charge in [-0.15, -0.1) is 11.3 Å². The fraction of sp³-hybridized carbons (Fsp3) is 0.267. The number of rotatable bonds is 7. The average Bonchev–Trinajstić information content (AvgIpc) is 2.99. The highest BCUT2D eigenvalue weighted by atomic mass is 32.2. The third-order valence-electron chi connectivity index (χ3n) is 3.37. The molecule has 0 amide bonds. The molecule has 0 bridgehead atoms. The zero-order valence-corrected chi connectivity index (χ0v) is 14.4. The third kappa shape index (κ3) is 4.38. The number of hydrogen-bond donors (Lipinski definition) is 2. The van der Waals surface area contributed by atoms with Crippen LogP contribution < -0.4 is 4.72 Å². The zero-order chi connectivity index (χ0) is 17.0. The maximum Gasteiger partial charge on any atom is 0.345 e. The van der Waals surface area contributed by atoms with Crippen LogP contribution in [-0.4, -0.2) is 45.0 Å². The Morgan fingerprint density at radius 2 is 1.96 bits per heavy atom. The summed E-state index contributed by atoms with van der Waals surface area (Å²) in [7, 11) is 0.00906. The summed E-state index contributed by atoms with van der Waals surface area (Å²) in [4.78, 5) is 12.8. The summed E-state index contributed by atoms with van der Waals surface area (Å²) in [5.41, 5.74) is 0.997. The van der Waals surface area contributed by atoms with Gasteiger partial charge in [0.2, 0.25) is 10.0 Å². The summed E-state index contributed by atoms with van der Waals surface area (Å²) in [5, 5.41) is 10.2. The first-order chi connectivity index (χ1) is 10.8. The van der Waals surface area contributed by atoms with Crippen molar-refractivity contribution in [1.82, 2.24) is 9.62 Å². The first-order valence-corrected chi connectivity index (χ1v) is 9.20. The highest BCUT2D eigenvalue weighted by molar-refractivity contribution is 7.89. The second-order valence-corrected chi connectivity index (χ2v) is 7.87. The molecule has 0 saturated heterocycles. The minimum Gasteiger partial charge on any atom is -0.477 e. The minimum atomic E-state index is -3.74. The summed E-state index contributed by atoms with van der Waals surface area (Å²) in [6.45, 7) is 0.192. The van der Waals surface area contributed by atoms with Crippen LogP contribution in [0.25, 0.3) is 0 Å². The molecule has 8 heteroatoms. The maximum absolute atomic E-state index is 12.3. The highest BCUT2D eigenvalue weighted by Gasteiger charge is 2.21. The SMILES string of the molecule is CN(C)C(CNS(=O)(=O)c1csc(C(=O)O)c1)c1ccccc1. The van der Waals surface area contributed by atoms with Crippen LogP contribution in [-0.2, 0) is 10.0 Å². The van der Waals surface area contributed by atoms with Crippen molar-refractivity contribution < 1.29 is 18.3 Å². The van der Waals surface area contributed by atoms with Crippen molar-refractivity contribution in [3.05, 3.63) is 52.2 Å². The molecule has 1 aromatic carbocycles. The lowest BCUT2D eigenvalue weighted by Crippen LogP contribution is -2.34. The van der Waals surface area contributed by atoms with Crippen LogP contribution in [0.3, 0.4) is 0 Å². The summed E-state index contributed by atoms with van der Waals surface area (Å²) in [5.74, 6) is -1.13. The Labute approximate surface area is 139 Å². The fourth-order valence-corrected chi connectivity index (χ4v) is 4.27. The van der Waals surface area contributed by atoms with E-state index in [-0.39, 0.29) is 22.4 Å². The van der Waals surface area contributed by atoms with Gasteiger partial charge in [-0.05, 0) is 25.7 Å². The number of aromatic carboxylic acids is 1. The van der Waals surface area contributed by atoms with E-state index in [1.165, 1.54) is 11.4 Å². The molecule has 0 aliphatic heterocycles. The number of carboxylic acids is 1. The predicted molar refractivity (Wildman–Crippen MR) is 89.3 cm³/mol. The molecule has 6 nitrogen and oxygen atoms in total. The van der Waals surface area contributed by atoms with Crippen LogP contribution in [0.15, 0.2) is 46.7 Å². The monoisotopic (exact) mass is 354 g/mol. The van der Waals surface area contributed by atoms with E-state index >= 15 is 0 Å². The molecule has 1 unspecified atom stereocenters. The number of nitrogens with zero attached hydrogens (tertiary/aromatic N) is 1. The van der Waals surface area contributed by atoms with Gasteiger partial charge in [0.15, 0.2) is 0 Å². The molecule has 0 spiro atoms. The van der Waals surface area contributed by atoms with Gasteiger partial charge in [-0.1, -0.05) is 30.3 Å². The molecule has 0 fully saturated rings. The van der Waals surface area contributed by atoms with Crippen molar-refractivity contribution in [2.24, 2.45) is 0 Å². The van der Waals surface area contributed by atoms with Crippen LogP contribution in [0, 0.1) is 0 Å². The molecule has 1 atom stereocenters. The number of benzene rings is 1. The van der Waals surface area contributed by atoms with Crippen LogP contribution in [0.1, 0.15) is 21.3 Å². The Morgan fingerprint density at radius 3 is 2.48 bits per heavy atom. The van der Waals surface area contributed by atoms with Gasteiger partial charge in [-0.3, -0.25) is 0 Å². The third-order valence-corrected chi connectivity index (χ3v) is 5.84. The Morgan fingerprint density at radius 1 is 1.30 bits per heavy atom. The number of nitrogens with one attached hydrogen (secondary N) is 1. The van der Waals surface area contributed by atoms with E-state index in [2.05, 4.69) is 4.72 Å². The first kappa shape index (κ1) is 17.6.